The van der Waals surface area contributed by atoms with Crippen molar-refractivity contribution in [2.45, 2.75) is 6.54 Å². The first-order chi connectivity index (χ1) is 12.6. The molecule has 138 valence electrons. The van der Waals surface area contributed by atoms with Gasteiger partial charge in [-0.1, -0.05) is 53.5 Å². The van der Waals surface area contributed by atoms with E-state index in [9.17, 15) is 4.79 Å². The lowest BCUT2D eigenvalue weighted by Gasteiger charge is -2.34. The Bertz CT molecular complexity index is 735. The highest BCUT2D eigenvalue weighted by Gasteiger charge is 2.20. The van der Waals surface area contributed by atoms with Gasteiger partial charge in [0.05, 0.1) is 5.02 Å². The Balaban J connectivity index is 1.39. The third-order valence-corrected chi connectivity index (χ3v) is 4.78. The SMILES string of the molecule is O=C(NCOc1ccc(Cl)cc1Cl)N1CCN(Cc2ccccc2)CC1. The van der Waals surface area contributed by atoms with Crippen LogP contribution in [0.4, 0.5) is 4.79 Å². The number of nitrogens with one attached hydrogen (secondary N) is 1. The summed E-state index contributed by atoms with van der Waals surface area (Å²) in [7, 11) is 0. The van der Waals surface area contributed by atoms with Crippen molar-refractivity contribution in [1.82, 2.24) is 15.1 Å². The predicted molar refractivity (Wildman–Crippen MR) is 104 cm³/mol. The number of hydrogen-bond acceptors (Lipinski definition) is 3. The van der Waals surface area contributed by atoms with Gasteiger partial charge in [-0.25, -0.2) is 4.79 Å². The van der Waals surface area contributed by atoms with Crippen LogP contribution in [-0.2, 0) is 6.54 Å². The number of ether oxygens (including phenoxy) is 1. The average Bonchev–Trinajstić information content (AvgIpc) is 2.65. The topological polar surface area (TPSA) is 44.8 Å². The number of rotatable bonds is 5. The first-order valence-corrected chi connectivity index (χ1v) is 9.24. The largest absolute Gasteiger partial charge is 0.472 e. The van der Waals surface area contributed by atoms with Crippen LogP contribution in [0.5, 0.6) is 5.75 Å². The van der Waals surface area contributed by atoms with Gasteiger partial charge in [-0.05, 0) is 23.8 Å². The van der Waals surface area contributed by atoms with E-state index in [1.54, 1.807) is 23.1 Å². The molecule has 5 nitrogen and oxygen atoms in total. The minimum atomic E-state index is -0.130. The molecule has 3 rings (SSSR count). The van der Waals surface area contributed by atoms with Gasteiger partial charge in [0.25, 0.3) is 0 Å². The van der Waals surface area contributed by atoms with E-state index in [1.807, 2.05) is 18.2 Å². The normalized spacial score (nSPS) is 14.9. The van der Waals surface area contributed by atoms with E-state index in [0.717, 1.165) is 19.6 Å². The second-order valence-corrected chi connectivity index (χ2v) is 6.94. The summed E-state index contributed by atoms with van der Waals surface area (Å²) >= 11 is 11.9. The van der Waals surface area contributed by atoms with Crippen molar-refractivity contribution in [3.63, 3.8) is 0 Å². The fourth-order valence-corrected chi connectivity index (χ4v) is 3.29. The molecule has 0 aliphatic carbocycles. The van der Waals surface area contributed by atoms with Gasteiger partial charge in [-0.15, -0.1) is 0 Å². The van der Waals surface area contributed by atoms with Crippen molar-refractivity contribution in [3.8, 4) is 5.75 Å². The zero-order valence-electron chi connectivity index (χ0n) is 14.3. The standard InChI is InChI=1S/C19H21Cl2N3O2/c20-16-6-7-18(17(21)12-16)26-14-22-19(25)24-10-8-23(9-11-24)13-15-4-2-1-3-5-15/h1-7,12H,8-11,13-14H2,(H,22,25). The second kappa shape index (κ2) is 9.12. The maximum atomic E-state index is 12.3. The van der Waals surface area contributed by atoms with E-state index < -0.39 is 0 Å². The van der Waals surface area contributed by atoms with Crippen molar-refractivity contribution in [2.24, 2.45) is 0 Å². The summed E-state index contributed by atoms with van der Waals surface area (Å²) in [6.45, 7) is 4.07. The van der Waals surface area contributed by atoms with Crippen molar-refractivity contribution in [1.29, 1.82) is 0 Å². The molecule has 2 aromatic rings. The molecule has 1 N–H and O–H groups in total. The maximum absolute atomic E-state index is 12.3. The zero-order chi connectivity index (χ0) is 18.4. The molecule has 26 heavy (non-hydrogen) atoms. The molecule has 1 aliphatic heterocycles. The molecule has 1 saturated heterocycles. The van der Waals surface area contributed by atoms with Gasteiger partial charge in [-0.3, -0.25) is 4.90 Å². The van der Waals surface area contributed by atoms with Crippen LogP contribution >= 0.6 is 23.2 Å². The Morgan fingerprint density at radius 3 is 2.46 bits per heavy atom. The zero-order valence-corrected chi connectivity index (χ0v) is 15.8. The molecular formula is C19H21Cl2N3O2. The van der Waals surface area contributed by atoms with Crippen molar-refractivity contribution >= 4 is 29.2 Å². The van der Waals surface area contributed by atoms with Crippen LogP contribution in [0.3, 0.4) is 0 Å². The highest BCUT2D eigenvalue weighted by molar-refractivity contribution is 6.35. The number of nitrogens with zero attached hydrogens (tertiary/aromatic N) is 2. The summed E-state index contributed by atoms with van der Waals surface area (Å²) in [5.74, 6) is 0.490. The molecule has 0 radical (unpaired) electrons. The Morgan fingerprint density at radius 1 is 1.04 bits per heavy atom. The number of benzene rings is 2. The molecule has 1 heterocycles. The number of amides is 2. The summed E-state index contributed by atoms with van der Waals surface area (Å²) < 4.78 is 5.49. The van der Waals surface area contributed by atoms with Crippen molar-refractivity contribution in [3.05, 3.63) is 64.1 Å². The van der Waals surface area contributed by atoms with Crippen LogP contribution in [0.1, 0.15) is 5.56 Å². The molecule has 2 amide bonds. The monoisotopic (exact) mass is 393 g/mol. The van der Waals surface area contributed by atoms with Gasteiger partial charge in [0.2, 0.25) is 0 Å². The van der Waals surface area contributed by atoms with Crippen LogP contribution < -0.4 is 10.1 Å². The van der Waals surface area contributed by atoms with Crippen LogP contribution in [0, 0.1) is 0 Å². The summed E-state index contributed by atoms with van der Waals surface area (Å²) in [5.41, 5.74) is 1.29. The van der Waals surface area contributed by atoms with Gasteiger partial charge in [0.1, 0.15) is 5.75 Å². The fourth-order valence-electron chi connectivity index (χ4n) is 2.83. The number of piperazine rings is 1. The Kier molecular flexibility index (Phi) is 6.61. The Hall–Kier alpha value is -1.95. The van der Waals surface area contributed by atoms with Crippen LogP contribution in [-0.4, -0.2) is 48.7 Å². The molecule has 0 atom stereocenters. The predicted octanol–water partition coefficient (Wildman–Crippen LogP) is 3.86. The molecule has 0 aromatic heterocycles. The van der Waals surface area contributed by atoms with Crippen LogP contribution in [0.15, 0.2) is 48.5 Å². The second-order valence-electron chi connectivity index (χ2n) is 6.09. The number of carbonyl (C=O) groups is 1. The number of carbonyl (C=O) groups excluding carboxylic acids is 1. The molecule has 1 aliphatic rings. The minimum absolute atomic E-state index is 0.0599. The maximum Gasteiger partial charge on any atom is 0.320 e. The molecule has 7 heteroatoms. The van der Waals surface area contributed by atoms with Gasteiger partial charge >= 0.3 is 6.03 Å². The lowest BCUT2D eigenvalue weighted by atomic mass is 10.2. The lowest BCUT2D eigenvalue weighted by molar-refractivity contribution is 0.130. The molecule has 0 unspecified atom stereocenters. The Morgan fingerprint density at radius 2 is 1.77 bits per heavy atom. The number of urea groups is 1. The van der Waals surface area contributed by atoms with E-state index in [-0.39, 0.29) is 12.8 Å². The molecule has 0 saturated carbocycles. The minimum Gasteiger partial charge on any atom is -0.472 e. The van der Waals surface area contributed by atoms with Crippen LogP contribution in [0.25, 0.3) is 0 Å². The fraction of sp³-hybridized carbons (Fsp3) is 0.316. The van der Waals surface area contributed by atoms with E-state index >= 15 is 0 Å². The number of hydrogen-bond donors (Lipinski definition) is 1. The molecule has 2 aromatic carbocycles. The smallest absolute Gasteiger partial charge is 0.320 e. The van der Waals surface area contributed by atoms with Crippen molar-refractivity contribution < 1.29 is 9.53 Å². The molecular weight excluding hydrogens is 373 g/mol. The summed E-state index contributed by atoms with van der Waals surface area (Å²) in [6, 6.07) is 15.2. The average molecular weight is 394 g/mol. The highest BCUT2D eigenvalue weighted by Crippen LogP contribution is 2.27. The molecule has 0 spiro atoms. The summed E-state index contributed by atoms with van der Waals surface area (Å²) in [5, 5.41) is 3.72. The third kappa shape index (κ3) is 5.27. The van der Waals surface area contributed by atoms with Gasteiger partial charge in [-0.2, -0.15) is 0 Å². The molecule has 0 bridgehead atoms. The highest BCUT2D eigenvalue weighted by atomic mass is 35.5. The van der Waals surface area contributed by atoms with Crippen LogP contribution in [0.2, 0.25) is 10.0 Å². The quantitative estimate of drug-likeness (QED) is 0.784. The Labute approximate surface area is 163 Å². The van der Waals surface area contributed by atoms with E-state index in [2.05, 4.69) is 22.3 Å². The van der Waals surface area contributed by atoms with Gasteiger partial charge < -0.3 is 15.0 Å². The van der Waals surface area contributed by atoms with E-state index in [0.29, 0.717) is 28.9 Å². The lowest BCUT2D eigenvalue weighted by Crippen LogP contribution is -2.51. The first kappa shape index (κ1) is 18.8. The first-order valence-electron chi connectivity index (χ1n) is 8.49. The van der Waals surface area contributed by atoms with Gasteiger partial charge in [0.15, 0.2) is 6.73 Å². The van der Waals surface area contributed by atoms with Crippen molar-refractivity contribution in [2.75, 3.05) is 32.9 Å². The third-order valence-electron chi connectivity index (χ3n) is 4.25. The molecule has 1 fully saturated rings. The van der Waals surface area contributed by atoms with Gasteiger partial charge in [0, 0.05) is 37.7 Å². The van der Waals surface area contributed by atoms with E-state index in [4.69, 9.17) is 27.9 Å². The summed E-state index contributed by atoms with van der Waals surface area (Å²) in [6.07, 6.45) is 0. The summed E-state index contributed by atoms with van der Waals surface area (Å²) in [4.78, 5) is 16.4. The van der Waals surface area contributed by atoms with E-state index in [1.165, 1.54) is 5.56 Å². The number of halogens is 2.